The van der Waals surface area contributed by atoms with Crippen LogP contribution in [0.15, 0.2) is 33.9 Å². The van der Waals surface area contributed by atoms with Crippen molar-refractivity contribution in [2.75, 3.05) is 25.0 Å². The molecule has 0 amide bonds. The molecule has 0 aliphatic carbocycles. The number of anilines is 1. The van der Waals surface area contributed by atoms with Crippen LogP contribution in [-0.4, -0.2) is 38.7 Å². The number of methoxy groups -OCH3 is 1. The second-order valence-electron chi connectivity index (χ2n) is 4.35. The number of rotatable bonds is 7. The van der Waals surface area contributed by atoms with E-state index in [2.05, 4.69) is 30.6 Å². The number of sulfonamides is 1. The highest BCUT2D eigenvalue weighted by molar-refractivity contribution is 9.10. The molecule has 0 radical (unpaired) electrons. The van der Waals surface area contributed by atoms with Crippen molar-refractivity contribution in [3.8, 4) is 5.88 Å². The van der Waals surface area contributed by atoms with E-state index in [4.69, 9.17) is 32.7 Å². The molecule has 0 aliphatic rings. The first kappa shape index (κ1) is 19.2. The van der Waals surface area contributed by atoms with E-state index in [1.54, 1.807) is 0 Å². The summed E-state index contributed by atoms with van der Waals surface area (Å²) in [6, 6.07) is 4.29. The average Bonchev–Trinajstić information content (AvgIpc) is 2.52. The van der Waals surface area contributed by atoms with Gasteiger partial charge in [0.2, 0.25) is 5.82 Å². The minimum atomic E-state index is -4.03. The summed E-state index contributed by atoms with van der Waals surface area (Å²) < 4.78 is 38.0. The number of hydrogen-bond acceptors (Lipinski definition) is 6. The van der Waals surface area contributed by atoms with Gasteiger partial charge in [-0.15, -0.1) is 0 Å². The van der Waals surface area contributed by atoms with E-state index >= 15 is 0 Å². The van der Waals surface area contributed by atoms with Crippen LogP contribution in [0.3, 0.4) is 0 Å². The molecule has 2 rings (SSSR count). The van der Waals surface area contributed by atoms with Crippen LogP contribution in [0.5, 0.6) is 5.88 Å². The van der Waals surface area contributed by atoms with E-state index in [9.17, 15) is 8.42 Å². The Hall–Kier alpha value is -1.13. The molecule has 0 bridgehead atoms. The number of hydrogen-bond donors (Lipinski definition) is 1. The summed E-state index contributed by atoms with van der Waals surface area (Å²) in [5.74, 6) is -0.0755. The maximum atomic E-state index is 12.5. The lowest BCUT2D eigenvalue weighted by molar-refractivity contribution is 0.144. The average molecular weight is 457 g/mol. The third-order valence-electron chi connectivity index (χ3n) is 2.67. The van der Waals surface area contributed by atoms with E-state index in [1.807, 2.05) is 0 Å². The van der Waals surface area contributed by atoms with Crippen LogP contribution in [-0.2, 0) is 14.8 Å². The Morgan fingerprint density at radius 2 is 2.04 bits per heavy atom. The molecule has 0 atom stereocenters. The number of benzene rings is 1. The predicted molar refractivity (Wildman–Crippen MR) is 94.4 cm³/mol. The maximum absolute atomic E-state index is 12.5. The molecule has 0 spiro atoms. The fourth-order valence-corrected chi connectivity index (χ4v) is 3.65. The predicted octanol–water partition coefficient (Wildman–Crippen LogP) is 3.37. The molecule has 1 aromatic carbocycles. The van der Waals surface area contributed by atoms with E-state index in [0.717, 1.165) is 0 Å². The van der Waals surface area contributed by atoms with Gasteiger partial charge < -0.3 is 9.47 Å². The highest BCUT2D eigenvalue weighted by Gasteiger charge is 2.22. The lowest BCUT2D eigenvalue weighted by Crippen LogP contribution is -2.17. The van der Waals surface area contributed by atoms with Crippen LogP contribution in [0.4, 0.5) is 5.82 Å². The summed E-state index contributed by atoms with van der Waals surface area (Å²) in [5, 5.41) is 0.0385. The molecule has 0 unspecified atom stereocenters. The summed E-state index contributed by atoms with van der Waals surface area (Å²) in [4.78, 5) is 7.85. The topological polar surface area (TPSA) is 90.4 Å². The van der Waals surface area contributed by atoms with Gasteiger partial charge in [0.15, 0.2) is 0 Å². The maximum Gasteiger partial charge on any atom is 0.264 e. The summed E-state index contributed by atoms with van der Waals surface area (Å²) >= 11 is 15.0. The first-order valence-electron chi connectivity index (χ1n) is 6.46. The Morgan fingerprint density at radius 3 is 2.75 bits per heavy atom. The normalized spacial score (nSPS) is 11.3. The molecule has 0 aliphatic heterocycles. The van der Waals surface area contributed by atoms with Crippen molar-refractivity contribution in [3.63, 3.8) is 0 Å². The quantitative estimate of drug-likeness (QED) is 0.642. The molecule has 0 fully saturated rings. The summed E-state index contributed by atoms with van der Waals surface area (Å²) in [6.07, 6.45) is 1.33. The Morgan fingerprint density at radius 1 is 1.29 bits per heavy atom. The Balaban J connectivity index is 2.34. The molecule has 7 nitrogen and oxygen atoms in total. The Labute approximate surface area is 157 Å². The lowest BCUT2D eigenvalue weighted by atomic mass is 10.4. The third-order valence-corrected chi connectivity index (χ3v) is 5.37. The molecule has 0 saturated heterocycles. The largest absolute Gasteiger partial charge is 0.473 e. The smallest absolute Gasteiger partial charge is 0.264 e. The summed E-state index contributed by atoms with van der Waals surface area (Å²) in [5.41, 5.74) is 0. The number of ether oxygens (including phenoxy) is 2. The second-order valence-corrected chi connectivity index (χ2v) is 7.59. The van der Waals surface area contributed by atoms with Crippen LogP contribution in [0.25, 0.3) is 0 Å². The van der Waals surface area contributed by atoms with Crippen molar-refractivity contribution < 1.29 is 17.9 Å². The third kappa shape index (κ3) is 4.70. The van der Waals surface area contributed by atoms with Crippen molar-refractivity contribution in [3.05, 3.63) is 39.0 Å². The minimum Gasteiger partial charge on any atom is -0.473 e. The van der Waals surface area contributed by atoms with Crippen LogP contribution in [0.2, 0.25) is 10.0 Å². The number of nitrogens with zero attached hydrogens (tertiary/aromatic N) is 2. The molecule has 0 saturated carbocycles. The van der Waals surface area contributed by atoms with Gasteiger partial charge in [0, 0.05) is 7.11 Å². The SMILES string of the molecule is COCCOc1nc(Br)cnc1NS(=O)(=O)c1cccc(Cl)c1Cl. The first-order chi connectivity index (χ1) is 11.3. The molecule has 24 heavy (non-hydrogen) atoms. The van der Waals surface area contributed by atoms with Gasteiger partial charge in [-0.25, -0.2) is 18.4 Å². The van der Waals surface area contributed by atoms with Crippen molar-refractivity contribution in [2.45, 2.75) is 4.90 Å². The van der Waals surface area contributed by atoms with Crippen LogP contribution < -0.4 is 9.46 Å². The fourth-order valence-electron chi connectivity index (χ4n) is 1.62. The van der Waals surface area contributed by atoms with E-state index in [0.29, 0.717) is 11.2 Å². The van der Waals surface area contributed by atoms with Crippen molar-refractivity contribution in [2.24, 2.45) is 0 Å². The molecule has 1 heterocycles. The molecule has 130 valence electrons. The van der Waals surface area contributed by atoms with E-state index < -0.39 is 10.0 Å². The highest BCUT2D eigenvalue weighted by Crippen LogP contribution is 2.31. The highest BCUT2D eigenvalue weighted by atomic mass is 79.9. The minimum absolute atomic E-state index is 0.00292. The van der Waals surface area contributed by atoms with E-state index in [-0.39, 0.29) is 33.2 Å². The monoisotopic (exact) mass is 455 g/mol. The number of halogens is 3. The van der Waals surface area contributed by atoms with Gasteiger partial charge in [0.1, 0.15) is 16.1 Å². The zero-order chi connectivity index (χ0) is 17.7. The Kier molecular flexibility index (Phi) is 6.64. The second kappa shape index (κ2) is 8.30. The molecule has 1 aromatic heterocycles. The molecular formula is C13H12BrCl2N3O4S. The fraction of sp³-hybridized carbons (Fsp3) is 0.231. The van der Waals surface area contributed by atoms with Gasteiger partial charge in [-0.2, -0.15) is 0 Å². The Bertz CT molecular complexity index is 836. The number of aromatic nitrogens is 2. The standard InChI is InChI=1S/C13H12BrCl2N3O4S/c1-22-5-6-23-13-12(17-7-10(14)18-13)19-24(20,21)9-4-2-3-8(15)11(9)16/h2-4,7H,5-6H2,1H3,(H,17,19). The lowest BCUT2D eigenvalue weighted by Gasteiger charge is -2.13. The van der Waals surface area contributed by atoms with Crippen LogP contribution in [0, 0.1) is 0 Å². The molecule has 1 N–H and O–H groups in total. The van der Waals surface area contributed by atoms with Gasteiger partial charge in [0.25, 0.3) is 15.9 Å². The van der Waals surface area contributed by atoms with Crippen LogP contribution in [0.1, 0.15) is 0 Å². The molecule has 11 heteroatoms. The zero-order valence-electron chi connectivity index (χ0n) is 12.3. The van der Waals surface area contributed by atoms with Crippen molar-refractivity contribution in [1.82, 2.24) is 9.97 Å². The van der Waals surface area contributed by atoms with Gasteiger partial charge in [-0.3, -0.25) is 4.72 Å². The summed E-state index contributed by atoms with van der Waals surface area (Å²) in [6.45, 7) is 0.481. The number of nitrogens with one attached hydrogen (secondary N) is 1. The molecule has 2 aromatic rings. The summed E-state index contributed by atoms with van der Waals surface area (Å²) in [7, 11) is -2.51. The van der Waals surface area contributed by atoms with Gasteiger partial charge in [0.05, 0.1) is 22.8 Å². The van der Waals surface area contributed by atoms with Gasteiger partial charge in [-0.1, -0.05) is 29.3 Å². The molecular weight excluding hydrogens is 445 g/mol. The first-order valence-corrected chi connectivity index (χ1v) is 9.49. The van der Waals surface area contributed by atoms with Crippen molar-refractivity contribution >= 4 is 55.0 Å². The van der Waals surface area contributed by atoms with E-state index in [1.165, 1.54) is 31.5 Å². The van der Waals surface area contributed by atoms with Gasteiger partial charge in [-0.05, 0) is 28.1 Å². The van der Waals surface area contributed by atoms with Crippen LogP contribution >= 0.6 is 39.1 Å². The zero-order valence-corrected chi connectivity index (χ0v) is 16.2. The van der Waals surface area contributed by atoms with Crippen molar-refractivity contribution in [1.29, 1.82) is 0 Å². The van der Waals surface area contributed by atoms with Gasteiger partial charge >= 0.3 is 0 Å².